The van der Waals surface area contributed by atoms with Crippen LogP contribution in [0, 0.1) is 19.3 Å². The summed E-state index contributed by atoms with van der Waals surface area (Å²) in [6, 6.07) is 6.52. The molecule has 1 fully saturated rings. The zero-order valence-corrected chi connectivity index (χ0v) is 11.2. The van der Waals surface area contributed by atoms with Crippen molar-refractivity contribution in [3.05, 3.63) is 29.3 Å². The van der Waals surface area contributed by atoms with Gasteiger partial charge in [0.2, 0.25) is 0 Å². The molecule has 0 saturated carbocycles. The zero-order chi connectivity index (χ0) is 12.6. The van der Waals surface area contributed by atoms with E-state index in [1.54, 1.807) is 0 Å². The highest BCUT2D eigenvalue weighted by Gasteiger charge is 2.34. The van der Waals surface area contributed by atoms with Crippen molar-refractivity contribution in [2.75, 3.05) is 18.0 Å². The lowest BCUT2D eigenvalue weighted by Gasteiger charge is -2.39. The first-order valence-corrected chi connectivity index (χ1v) is 6.26. The summed E-state index contributed by atoms with van der Waals surface area (Å²) in [4.78, 5) is 14.2. The van der Waals surface area contributed by atoms with Crippen LogP contribution in [-0.4, -0.2) is 18.9 Å². The Morgan fingerprint density at radius 3 is 2.59 bits per heavy atom. The summed E-state index contributed by atoms with van der Waals surface area (Å²) in [7, 11) is 0. The minimum Gasteiger partial charge on any atom is -0.370 e. The topological polar surface area (TPSA) is 20.3 Å². The fourth-order valence-corrected chi connectivity index (χ4v) is 2.49. The third-order valence-electron chi connectivity index (χ3n) is 3.66. The summed E-state index contributed by atoms with van der Waals surface area (Å²) in [5.74, 6) is 0.388. The number of Topliss-reactive ketones (excluding diaryl/α,β-unsaturated/α-hetero) is 1. The van der Waals surface area contributed by atoms with E-state index in [0.29, 0.717) is 12.2 Å². The first kappa shape index (κ1) is 12.2. The third kappa shape index (κ3) is 2.36. The maximum atomic E-state index is 11.8. The average molecular weight is 231 g/mol. The summed E-state index contributed by atoms with van der Waals surface area (Å²) in [5, 5.41) is 0. The molecule has 1 aromatic carbocycles. The van der Waals surface area contributed by atoms with Crippen molar-refractivity contribution in [3.8, 4) is 0 Å². The Morgan fingerprint density at radius 1 is 1.24 bits per heavy atom. The molecule has 2 heteroatoms. The summed E-state index contributed by atoms with van der Waals surface area (Å²) in [6.07, 6.45) is 0.667. The Kier molecular flexibility index (Phi) is 2.98. The number of hydrogen-bond acceptors (Lipinski definition) is 2. The maximum Gasteiger partial charge on any atom is 0.142 e. The Bertz CT molecular complexity index is 448. The van der Waals surface area contributed by atoms with Gasteiger partial charge in [0, 0.05) is 30.6 Å². The molecule has 17 heavy (non-hydrogen) atoms. The van der Waals surface area contributed by atoms with Crippen LogP contribution in [0.15, 0.2) is 18.2 Å². The second kappa shape index (κ2) is 4.17. The Balaban J connectivity index is 2.29. The van der Waals surface area contributed by atoms with Gasteiger partial charge in [-0.25, -0.2) is 0 Å². The molecular formula is C15H21NO. The van der Waals surface area contributed by atoms with Crippen molar-refractivity contribution < 1.29 is 4.79 Å². The van der Waals surface area contributed by atoms with Crippen molar-refractivity contribution >= 4 is 11.5 Å². The minimum absolute atomic E-state index is 0.214. The monoisotopic (exact) mass is 231 g/mol. The summed E-state index contributed by atoms with van der Waals surface area (Å²) >= 11 is 0. The van der Waals surface area contributed by atoms with Gasteiger partial charge in [-0.3, -0.25) is 4.79 Å². The van der Waals surface area contributed by atoms with Crippen molar-refractivity contribution in [2.24, 2.45) is 5.41 Å². The number of ketones is 1. The van der Waals surface area contributed by atoms with E-state index in [1.807, 2.05) is 13.8 Å². The van der Waals surface area contributed by atoms with Crippen molar-refractivity contribution in [2.45, 2.75) is 34.1 Å². The molecular weight excluding hydrogens is 210 g/mol. The van der Waals surface area contributed by atoms with Gasteiger partial charge >= 0.3 is 0 Å². The van der Waals surface area contributed by atoms with Gasteiger partial charge in [0.15, 0.2) is 0 Å². The summed E-state index contributed by atoms with van der Waals surface area (Å²) in [6.45, 7) is 10.0. The number of carbonyl (C=O) groups excluding carboxylic acids is 1. The van der Waals surface area contributed by atoms with Gasteiger partial charge in [-0.1, -0.05) is 26.0 Å². The Morgan fingerprint density at radius 2 is 1.94 bits per heavy atom. The molecule has 2 rings (SSSR count). The van der Waals surface area contributed by atoms with E-state index in [4.69, 9.17) is 0 Å². The van der Waals surface area contributed by atoms with Crippen LogP contribution in [-0.2, 0) is 4.79 Å². The molecule has 0 bridgehead atoms. The molecule has 1 aromatic rings. The molecule has 1 aliphatic rings. The van der Waals surface area contributed by atoms with Crippen LogP contribution >= 0.6 is 0 Å². The van der Waals surface area contributed by atoms with Crippen LogP contribution in [0.25, 0.3) is 0 Å². The van der Waals surface area contributed by atoms with Gasteiger partial charge in [0.05, 0.1) is 0 Å². The highest BCUT2D eigenvalue weighted by atomic mass is 16.1. The molecule has 1 heterocycles. The lowest BCUT2D eigenvalue weighted by atomic mass is 9.82. The second-order valence-corrected chi connectivity index (χ2v) is 5.77. The van der Waals surface area contributed by atoms with Crippen LogP contribution in [0.1, 0.15) is 31.4 Å². The van der Waals surface area contributed by atoms with Gasteiger partial charge in [-0.15, -0.1) is 0 Å². The number of piperidine rings is 1. The second-order valence-electron chi connectivity index (χ2n) is 5.77. The molecule has 1 aliphatic heterocycles. The number of rotatable bonds is 1. The molecule has 0 spiro atoms. The number of benzene rings is 1. The molecule has 0 radical (unpaired) electrons. The van der Waals surface area contributed by atoms with Crippen molar-refractivity contribution in [1.29, 1.82) is 0 Å². The number of hydrogen-bond donors (Lipinski definition) is 0. The molecule has 0 amide bonds. The lowest BCUT2D eigenvalue weighted by Crippen LogP contribution is -2.46. The minimum atomic E-state index is -0.214. The van der Waals surface area contributed by atoms with Gasteiger partial charge in [0.1, 0.15) is 5.78 Å². The maximum absolute atomic E-state index is 11.8. The number of nitrogens with zero attached hydrogens (tertiary/aromatic N) is 1. The van der Waals surface area contributed by atoms with Gasteiger partial charge in [-0.05, 0) is 31.0 Å². The Labute approximate surface area is 104 Å². The predicted molar refractivity (Wildman–Crippen MR) is 71.5 cm³/mol. The molecule has 0 unspecified atom stereocenters. The number of aryl methyl sites for hydroxylation is 2. The van der Waals surface area contributed by atoms with Crippen LogP contribution in [0.4, 0.5) is 5.69 Å². The van der Waals surface area contributed by atoms with E-state index in [9.17, 15) is 4.79 Å². The van der Waals surface area contributed by atoms with Crippen molar-refractivity contribution in [1.82, 2.24) is 0 Å². The number of carbonyl (C=O) groups is 1. The van der Waals surface area contributed by atoms with E-state index in [-0.39, 0.29) is 5.41 Å². The molecule has 1 saturated heterocycles. The molecule has 0 aromatic heterocycles. The molecule has 2 nitrogen and oxygen atoms in total. The third-order valence-corrected chi connectivity index (χ3v) is 3.66. The van der Waals surface area contributed by atoms with Gasteiger partial charge in [-0.2, -0.15) is 0 Å². The number of anilines is 1. The molecule has 92 valence electrons. The Hall–Kier alpha value is -1.31. The van der Waals surface area contributed by atoms with E-state index >= 15 is 0 Å². The first-order valence-electron chi connectivity index (χ1n) is 6.26. The largest absolute Gasteiger partial charge is 0.370 e. The molecule has 0 N–H and O–H groups in total. The SMILES string of the molecule is Cc1ccc(C)c(N2CCC(=O)C(C)(C)C2)c1. The smallest absolute Gasteiger partial charge is 0.142 e. The standard InChI is InChI=1S/C15H21NO/c1-11-5-6-12(2)13(9-11)16-8-7-14(17)15(3,4)10-16/h5-6,9H,7-8,10H2,1-4H3. The van der Waals surface area contributed by atoms with Crippen LogP contribution in [0.3, 0.4) is 0 Å². The van der Waals surface area contributed by atoms with Crippen LogP contribution < -0.4 is 4.90 Å². The van der Waals surface area contributed by atoms with E-state index in [0.717, 1.165) is 13.1 Å². The van der Waals surface area contributed by atoms with Crippen molar-refractivity contribution in [3.63, 3.8) is 0 Å². The average Bonchev–Trinajstić information content (AvgIpc) is 2.25. The quantitative estimate of drug-likeness (QED) is 0.740. The van der Waals surface area contributed by atoms with E-state index < -0.39 is 0 Å². The predicted octanol–water partition coefficient (Wildman–Crippen LogP) is 3.11. The highest BCUT2D eigenvalue weighted by molar-refractivity contribution is 5.86. The van der Waals surface area contributed by atoms with Crippen LogP contribution in [0.5, 0.6) is 0 Å². The normalized spacial score (nSPS) is 19.5. The van der Waals surface area contributed by atoms with E-state index in [1.165, 1.54) is 16.8 Å². The van der Waals surface area contributed by atoms with E-state index in [2.05, 4.69) is 36.9 Å². The molecule has 0 aliphatic carbocycles. The zero-order valence-electron chi connectivity index (χ0n) is 11.2. The fourth-order valence-electron chi connectivity index (χ4n) is 2.49. The molecule has 0 atom stereocenters. The summed E-state index contributed by atoms with van der Waals surface area (Å²) < 4.78 is 0. The highest BCUT2D eigenvalue weighted by Crippen LogP contribution is 2.31. The van der Waals surface area contributed by atoms with Crippen LogP contribution in [0.2, 0.25) is 0 Å². The van der Waals surface area contributed by atoms with Gasteiger partial charge in [0.25, 0.3) is 0 Å². The fraction of sp³-hybridized carbons (Fsp3) is 0.533. The summed E-state index contributed by atoms with van der Waals surface area (Å²) in [5.41, 5.74) is 3.64. The van der Waals surface area contributed by atoms with Gasteiger partial charge < -0.3 is 4.90 Å². The lowest BCUT2D eigenvalue weighted by molar-refractivity contribution is -0.127. The first-order chi connectivity index (χ1) is 7.90.